The molecule has 0 aliphatic heterocycles. The van der Waals surface area contributed by atoms with Crippen LogP contribution in [-0.2, 0) is 0 Å². The number of anilines is 2. The van der Waals surface area contributed by atoms with E-state index < -0.39 is 5.97 Å². The van der Waals surface area contributed by atoms with Crippen molar-refractivity contribution >= 4 is 56.3 Å². The number of benzene rings is 2. The van der Waals surface area contributed by atoms with Crippen LogP contribution < -0.4 is 5.32 Å². The minimum atomic E-state index is -1.01. The summed E-state index contributed by atoms with van der Waals surface area (Å²) in [6, 6.07) is 10.1. The molecule has 0 radical (unpaired) electrons. The first-order valence-corrected chi connectivity index (χ1v) is 7.06. The molecule has 21 heavy (non-hydrogen) atoms. The molecule has 0 saturated heterocycles. The van der Waals surface area contributed by atoms with Gasteiger partial charge < -0.3 is 14.8 Å². The van der Waals surface area contributed by atoms with Gasteiger partial charge >= 0.3 is 5.97 Å². The molecule has 7 heteroatoms. The van der Waals surface area contributed by atoms with Crippen LogP contribution in [0, 0.1) is 0 Å². The van der Waals surface area contributed by atoms with Crippen LogP contribution >= 0.6 is 27.5 Å². The Morgan fingerprint density at radius 2 is 2.10 bits per heavy atom. The lowest BCUT2D eigenvalue weighted by atomic mass is 10.2. The molecule has 0 amide bonds. The first-order chi connectivity index (χ1) is 10.0. The lowest BCUT2D eigenvalue weighted by Gasteiger charge is -2.04. The zero-order valence-corrected chi connectivity index (χ0v) is 12.8. The van der Waals surface area contributed by atoms with Gasteiger partial charge in [-0.25, -0.2) is 4.79 Å². The number of nitrogens with one attached hydrogen (secondary N) is 1. The number of carboxylic acid groups (broad SMARTS) is 1. The average molecular weight is 368 g/mol. The van der Waals surface area contributed by atoms with Gasteiger partial charge in [0, 0.05) is 9.50 Å². The number of hydrogen-bond acceptors (Lipinski definition) is 4. The fraction of sp³-hybridized carbons (Fsp3) is 0. The normalized spacial score (nSPS) is 10.8. The summed E-state index contributed by atoms with van der Waals surface area (Å²) in [6.07, 6.45) is 0. The van der Waals surface area contributed by atoms with E-state index in [0.717, 1.165) is 10.2 Å². The first kappa shape index (κ1) is 13.9. The van der Waals surface area contributed by atoms with E-state index in [1.54, 1.807) is 24.3 Å². The van der Waals surface area contributed by atoms with Crippen molar-refractivity contribution < 1.29 is 14.3 Å². The number of aromatic nitrogens is 1. The third-order valence-electron chi connectivity index (χ3n) is 2.81. The maximum Gasteiger partial charge on any atom is 0.335 e. The molecule has 0 bridgehead atoms. The zero-order valence-electron chi connectivity index (χ0n) is 10.4. The standard InChI is InChI=1S/C14H8BrClN2O3/c15-9-6-8(16)2-4-10(9)17-14-18-11-3-1-7(13(19)20)5-12(11)21-14/h1-6H,(H,17,18)(H,19,20). The van der Waals surface area contributed by atoms with Crippen LogP contribution in [0.25, 0.3) is 11.1 Å². The van der Waals surface area contributed by atoms with Crippen molar-refractivity contribution in [3.8, 4) is 0 Å². The van der Waals surface area contributed by atoms with E-state index in [4.69, 9.17) is 21.1 Å². The summed E-state index contributed by atoms with van der Waals surface area (Å²) in [5.74, 6) is -1.01. The Bertz CT molecular complexity index is 847. The Morgan fingerprint density at radius 1 is 1.29 bits per heavy atom. The second kappa shape index (κ2) is 5.38. The molecule has 2 N–H and O–H groups in total. The van der Waals surface area contributed by atoms with Gasteiger partial charge in [-0.1, -0.05) is 11.6 Å². The zero-order chi connectivity index (χ0) is 15.0. The summed E-state index contributed by atoms with van der Waals surface area (Å²) >= 11 is 9.26. The number of carboxylic acids is 1. The summed E-state index contributed by atoms with van der Waals surface area (Å²) in [6.45, 7) is 0. The molecule has 5 nitrogen and oxygen atoms in total. The van der Waals surface area contributed by atoms with Gasteiger partial charge in [0.2, 0.25) is 0 Å². The molecule has 3 aromatic rings. The topological polar surface area (TPSA) is 75.4 Å². The number of hydrogen-bond donors (Lipinski definition) is 2. The smallest absolute Gasteiger partial charge is 0.335 e. The van der Waals surface area contributed by atoms with Crippen molar-refractivity contribution in [1.82, 2.24) is 4.98 Å². The Labute approximate surface area is 132 Å². The summed E-state index contributed by atoms with van der Waals surface area (Å²) in [5, 5.41) is 12.6. The van der Waals surface area contributed by atoms with Crippen LogP contribution in [0.15, 0.2) is 45.3 Å². The largest absolute Gasteiger partial charge is 0.478 e. The fourth-order valence-electron chi connectivity index (χ4n) is 1.82. The first-order valence-electron chi connectivity index (χ1n) is 5.89. The van der Waals surface area contributed by atoms with E-state index in [9.17, 15) is 4.79 Å². The highest BCUT2D eigenvalue weighted by atomic mass is 79.9. The number of carbonyl (C=O) groups is 1. The van der Waals surface area contributed by atoms with Gasteiger partial charge in [-0.05, 0) is 52.3 Å². The van der Waals surface area contributed by atoms with Crippen molar-refractivity contribution in [3.63, 3.8) is 0 Å². The Morgan fingerprint density at radius 3 is 2.81 bits per heavy atom. The molecule has 0 aliphatic rings. The molecule has 2 aromatic carbocycles. The number of aromatic carboxylic acids is 1. The Kier molecular flexibility index (Phi) is 3.57. The molecule has 0 saturated carbocycles. The monoisotopic (exact) mass is 366 g/mol. The van der Waals surface area contributed by atoms with E-state index in [1.165, 1.54) is 12.1 Å². The molecule has 0 spiro atoms. The van der Waals surface area contributed by atoms with Crippen LogP contribution in [0.3, 0.4) is 0 Å². The van der Waals surface area contributed by atoms with Gasteiger partial charge in [0.15, 0.2) is 5.58 Å². The van der Waals surface area contributed by atoms with Crippen LogP contribution in [0.5, 0.6) is 0 Å². The van der Waals surface area contributed by atoms with Crippen molar-refractivity contribution in [2.75, 3.05) is 5.32 Å². The summed E-state index contributed by atoms with van der Waals surface area (Å²) in [7, 11) is 0. The lowest BCUT2D eigenvalue weighted by Crippen LogP contribution is -1.94. The van der Waals surface area contributed by atoms with E-state index in [0.29, 0.717) is 16.1 Å². The van der Waals surface area contributed by atoms with Crippen LogP contribution in [0.2, 0.25) is 5.02 Å². The van der Waals surface area contributed by atoms with Crippen molar-refractivity contribution in [3.05, 3.63) is 51.5 Å². The molecule has 3 rings (SSSR count). The van der Waals surface area contributed by atoms with E-state index in [2.05, 4.69) is 26.2 Å². The maximum atomic E-state index is 10.9. The second-order valence-electron chi connectivity index (χ2n) is 4.26. The number of oxazole rings is 1. The third-order valence-corrected chi connectivity index (χ3v) is 3.70. The predicted molar refractivity (Wildman–Crippen MR) is 83.4 cm³/mol. The van der Waals surface area contributed by atoms with Crippen LogP contribution in [0.1, 0.15) is 10.4 Å². The molecule has 1 heterocycles. The van der Waals surface area contributed by atoms with Crippen molar-refractivity contribution in [2.24, 2.45) is 0 Å². The average Bonchev–Trinajstić information content (AvgIpc) is 2.83. The maximum absolute atomic E-state index is 10.9. The number of rotatable bonds is 3. The van der Waals surface area contributed by atoms with Crippen molar-refractivity contribution in [2.45, 2.75) is 0 Å². The van der Waals surface area contributed by atoms with Gasteiger partial charge in [0.1, 0.15) is 5.52 Å². The van der Waals surface area contributed by atoms with Crippen LogP contribution in [-0.4, -0.2) is 16.1 Å². The van der Waals surface area contributed by atoms with E-state index >= 15 is 0 Å². The quantitative estimate of drug-likeness (QED) is 0.702. The van der Waals surface area contributed by atoms with Crippen LogP contribution in [0.4, 0.5) is 11.7 Å². The molecule has 0 fully saturated rings. The number of nitrogens with zero attached hydrogens (tertiary/aromatic N) is 1. The Hall–Kier alpha value is -2.05. The third kappa shape index (κ3) is 2.86. The molecular formula is C14H8BrClN2O3. The molecule has 1 aromatic heterocycles. The van der Waals surface area contributed by atoms with Crippen molar-refractivity contribution in [1.29, 1.82) is 0 Å². The Balaban J connectivity index is 1.95. The van der Waals surface area contributed by atoms with Gasteiger partial charge in [-0.2, -0.15) is 4.98 Å². The number of halogens is 2. The van der Waals surface area contributed by atoms with Gasteiger partial charge in [0.05, 0.1) is 11.3 Å². The second-order valence-corrected chi connectivity index (χ2v) is 5.55. The summed E-state index contributed by atoms with van der Waals surface area (Å²) < 4.78 is 6.28. The fourth-order valence-corrected chi connectivity index (χ4v) is 2.60. The van der Waals surface area contributed by atoms with E-state index in [1.807, 2.05) is 0 Å². The summed E-state index contributed by atoms with van der Waals surface area (Å²) in [5.41, 5.74) is 1.87. The highest BCUT2D eigenvalue weighted by molar-refractivity contribution is 9.10. The molecule has 106 valence electrons. The minimum absolute atomic E-state index is 0.151. The minimum Gasteiger partial charge on any atom is -0.478 e. The molecule has 0 unspecified atom stereocenters. The number of fused-ring (bicyclic) bond motifs is 1. The summed E-state index contributed by atoms with van der Waals surface area (Å²) in [4.78, 5) is 15.2. The van der Waals surface area contributed by atoms with Gasteiger partial charge in [-0.15, -0.1) is 0 Å². The SMILES string of the molecule is O=C(O)c1ccc2nc(Nc3ccc(Cl)cc3Br)oc2c1. The highest BCUT2D eigenvalue weighted by Gasteiger charge is 2.11. The molecule has 0 atom stereocenters. The van der Waals surface area contributed by atoms with E-state index in [-0.39, 0.29) is 11.6 Å². The highest BCUT2D eigenvalue weighted by Crippen LogP contribution is 2.29. The lowest BCUT2D eigenvalue weighted by molar-refractivity contribution is 0.0697. The van der Waals surface area contributed by atoms with Gasteiger partial charge in [-0.3, -0.25) is 0 Å². The van der Waals surface area contributed by atoms with Gasteiger partial charge in [0.25, 0.3) is 6.01 Å². The molecular weight excluding hydrogens is 360 g/mol. The molecule has 0 aliphatic carbocycles. The predicted octanol–water partition coefficient (Wildman–Crippen LogP) is 4.69.